The normalized spacial score (nSPS) is 17.8. The first kappa shape index (κ1) is 11.9. The second-order valence-electron chi connectivity index (χ2n) is 5.52. The zero-order valence-corrected chi connectivity index (χ0v) is 11.3. The standard InChI is InChI=1S/C16H17N3O/c17-15-13-9-20-8-7-14(13)18-16(19-15)12-4-2-1-3-11(12)10-5-6-10/h1-4,10H,5-9H2,(H2,17,18,19). The first-order valence-electron chi connectivity index (χ1n) is 7.15. The molecule has 0 spiro atoms. The van der Waals surface area contributed by atoms with E-state index in [0.29, 0.717) is 24.9 Å². The number of fused-ring (bicyclic) bond motifs is 1. The van der Waals surface area contributed by atoms with Gasteiger partial charge in [-0.25, -0.2) is 9.97 Å². The van der Waals surface area contributed by atoms with E-state index < -0.39 is 0 Å². The first-order chi connectivity index (χ1) is 9.83. The minimum atomic E-state index is 0.533. The van der Waals surface area contributed by atoms with Crippen molar-refractivity contribution >= 4 is 5.82 Å². The molecule has 1 aliphatic carbocycles. The summed E-state index contributed by atoms with van der Waals surface area (Å²) in [5.41, 5.74) is 10.6. The molecule has 4 nitrogen and oxygen atoms in total. The summed E-state index contributed by atoms with van der Waals surface area (Å²) in [6.07, 6.45) is 3.36. The van der Waals surface area contributed by atoms with E-state index in [1.807, 2.05) is 6.07 Å². The second kappa shape index (κ2) is 4.56. The molecular formula is C16H17N3O. The Balaban J connectivity index is 1.84. The van der Waals surface area contributed by atoms with Crippen molar-refractivity contribution < 1.29 is 4.74 Å². The average Bonchev–Trinajstić information content (AvgIpc) is 3.32. The van der Waals surface area contributed by atoms with Crippen molar-refractivity contribution in [3.05, 3.63) is 41.1 Å². The molecule has 0 radical (unpaired) electrons. The zero-order chi connectivity index (χ0) is 13.5. The molecule has 0 amide bonds. The van der Waals surface area contributed by atoms with Gasteiger partial charge in [0.1, 0.15) is 5.82 Å². The van der Waals surface area contributed by atoms with Crippen molar-refractivity contribution in [2.75, 3.05) is 12.3 Å². The molecule has 2 aliphatic rings. The van der Waals surface area contributed by atoms with Crippen LogP contribution in [-0.4, -0.2) is 16.6 Å². The van der Waals surface area contributed by atoms with Gasteiger partial charge in [0.05, 0.1) is 18.9 Å². The quantitative estimate of drug-likeness (QED) is 0.908. The lowest BCUT2D eigenvalue weighted by Crippen LogP contribution is -2.16. The molecule has 102 valence electrons. The summed E-state index contributed by atoms with van der Waals surface area (Å²) in [5, 5.41) is 0. The maximum Gasteiger partial charge on any atom is 0.162 e. The predicted molar refractivity (Wildman–Crippen MR) is 77.2 cm³/mol. The molecule has 1 aromatic carbocycles. The predicted octanol–water partition coefficient (Wildman–Crippen LogP) is 2.68. The molecule has 0 atom stereocenters. The van der Waals surface area contributed by atoms with Gasteiger partial charge in [0.2, 0.25) is 0 Å². The number of hydrogen-bond acceptors (Lipinski definition) is 4. The third-order valence-electron chi connectivity index (χ3n) is 4.07. The van der Waals surface area contributed by atoms with Gasteiger partial charge in [0.15, 0.2) is 5.82 Å². The summed E-state index contributed by atoms with van der Waals surface area (Å²) >= 11 is 0. The fraction of sp³-hybridized carbons (Fsp3) is 0.375. The Kier molecular flexibility index (Phi) is 2.70. The van der Waals surface area contributed by atoms with Gasteiger partial charge in [-0.1, -0.05) is 24.3 Å². The summed E-state index contributed by atoms with van der Waals surface area (Å²) in [6, 6.07) is 8.43. The van der Waals surface area contributed by atoms with Crippen molar-refractivity contribution in [2.45, 2.75) is 31.8 Å². The number of rotatable bonds is 2. The highest BCUT2D eigenvalue weighted by molar-refractivity contribution is 5.64. The van der Waals surface area contributed by atoms with E-state index >= 15 is 0 Å². The molecule has 1 saturated carbocycles. The van der Waals surface area contributed by atoms with Gasteiger partial charge in [-0.15, -0.1) is 0 Å². The van der Waals surface area contributed by atoms with Crippen LogP contribution >= 0.6 is 0 Å². The lowest BCUT2D eigenvalue weighted by molar-refractivity contribution is 0.109. The molecular weight excluding hydrogens is 250 g/mol. The van der Waals surface area contributed by atoms with E-state index in [0.717, 1.165) is 29.1 Å². The molecule has 2 aromatic rings. The number of nitrogens with zero attached hydrogens (tertiary/aromatic N) is 2. The molecule has 2 heterocycles. The Bertz CT molecular complexity index is 665. The van der Waals surface area contributed by atoms with Gasteiger partial charge < -0.3 is 10.5 Å². The Morgan fingerprint density at radius 3 is 2.85 bits per heavy atom. The SMILES string of the molecule is Nc1nc(-c2ccccc2C2CC2)nc2c1COCC2. The molecule has 1 aromatic heterocycles. The Hall–Kier alpha value is -1.94. The molecule has 0 bridgehead atoms. The minimum absolute atomic E-state index is 0.533. The third-order valence-corrected chi connectivity index (χ3v) is 4.07. The van der Waals surface area contributed by atoms with Gasteiger partial charge in [-0.05, 0) is 24.3 Å². The fourth-order valence-electron chi connectivity index (χ4n) is 2.83. The van der Waals surface area contributed by atoms with E-state index in [2.05, 4.69) is 23.2 Å². The monoisotopic (exact) mass is 267 g/mol. The van der Waals surface area contributed by atoms with Crippen LogP contribution in [0.25, 0.3) is 11.4 Å². The van der Waals surface area contributed by atoms with Crippen molar-refractivity contribution in [1.82, 2.24) is 9.97 Å². The molecule has 0 saturated heterocycles. The van der Waals surface area contributed by atoms with E-state index in [1.54, 1.807) is 0 Å². The van der Waals surface area contributed by atoms with Crippen LogP contribution in [0.4, 0.5) is 5.82 Å². The van der Waals surface area contributed by atoms with E-state index in [4.69, 9.17) is 15.5 Å². The Morgan fingerprint density at radius 2 is 2.00 bits per heavy atom. The van der Waals surface area contributed by atoms with E-state index in [1.165, 1.54) is 18.4 Å². The average molecular weight is 267 g/mol. The van der Waals surface area contributed by atoms with Crippen LogP contribution in [0, 0.1) is 0 Å². The second-order valence-corrected chi connectivity index (χ2v) is 5.52. The first-order valence-corrected chi connectivity index (χ1v) is 7.15. The summed E-state index contributed by atoms with van der Waals surface area (Å²) in [5.74, 6) is 2.01. The van der Waals surface area contributed by atoms with Crippen LogP contribution in [0.2, 0.25) is 0 Å². The number of nitrogen functional groups attached to an aromatic ring is 1. The maximum absolute atomic E-state index is 6.09. The molecule has 2 N–H and O–H groups in total. The highest BCUT2D eigenvalue weighted by atomic mass is 16.5. The molecule has 0 unspecified atom stereocenters. The summed E-state index contributed by atoms with van der Waals surface area (Å²) < 4.78 is 5.43. The number of anilines is 1. The van der Waals surface area contributed by atoms with Crippen molar-refractivity contribution in [2.24, 2.45) is 0 Å². The lowest BCUT2D eigenvalue weighted by Gasteiger charge is -2.18. The van der Waals surface area contributed by atoms with Crippen LogP contribution in [0.15, 0.2) is 24.3 Å². The Morgan fingerprint density at radius 1 is 1.15 bits per heavy atom. The minimum Gasteiger partial charge on any atom is -0.383 e. The van der Waals surface area contributed by atoms with Crippen LogP contribution in [0.3, 0.4) is 0 Å². The van der Waals surface area contributed by atoms with E-state index in [-0.39, 0.29) is 0 Å². The van der Waals surface area contributed by atoms with Gasteiger partial charge in [-0.2, -0.15) is 0 Å². The van der Waals surface area contributed by atoms with Crippen molar-refractivity contribution in [3.8, 4) is 11.4 Å². The molecule has 20 heavy (non-hydrogen) atoms. The summed E-state index contributed by atoms with van der Waals surface area (Å²) in [6.45, 7) is 1.25. The third kappa shape index (κ3) is 1.96. The van der Waals surface area contributed by atoms with Gasteiger partial charge in [0.25, 0.3) is 0 Å². The summed E-state index contributed by atoms with van der Waals surface area (Å²) in [7, 11) is 0. The van der Waals surface area contributed by atoms with Crippen LogP contribution in [0.1, 0.15) is 35.6 Å². The molecule has 4 rings (SSSR count). The largest absolute Gasteiger partial charge is 0.383 e. The van der Waals surface area contributed by atoms with Crippen LogP contribution < -0.4 is 5.73 Å². The zero-order valence-electron chi connectivity index (χ0n) is 11.3. The number of aromatic nitrogens is 2. The van der Waals surface area contributed by atoms with Gasteiger partial charge in [0, 0.05) is 17.5 Å². The van der Waals surface area contributed by atoms with Crippen LogP contribution in [-0.2, 0) is 17.8 Å². The highest BCUT2D eigenvalue weighted by Crippen LogP contribution is 2.44. The topological polar surface area (TPSA) is 61.0 Å². The summed E-state index contributed by atoms with van der Waals surface area (Å²) in [4.78, 5) is 9.26. The number of benzene rings is 1. The highest BCUT2D eigenvalue weighted by Gasteiger charge is 2.27. The van der Waals surface area contributed by atoms with Crippen molar-refractivity contribution in [3.63, 3.8) is 0 Å². The maximum atomic E-state index is 6.09. The molecule has 1 fully saturated rings. The lowest BCUT2D eigenvalue weighted by atomic mass is 10.0. The number of nitrogens with two attached hydrogens (primary N) is 1. The Labute approximate surface area is 118 Å². The smallest absolute Gasteiger partial charge is 0.162 e. The number of ether oxygens (including phenoxy) is 1. The number of hydrogen-bond donors (Lipinski definition) is 1. The van der Waals surface area contributed by atoms with Crippen LogP contribution in [0.5, 0.6) is 0 Å². The van der Waals surface area contributed by atoms with Crippen molar-refractivity contribution in [1.29, 1.82) is 0 Å². The van der Waals surface area contributed by atoms with E-state index in [9.17, 15) is 0 Å². The molecule has 4 heteroatoms. The van der Waals surface area contributed by atoms with Gasteiger partial charge >= 0.3 is 0 Å². The fourth-order valence-corrected chi connectivity index (χ4v) is 2.83. The van der Waals surface area contributed by atoms with Gasteiger partial charge in [-0.3, -0.25) is 0 Å². The molecule has 1 aliphatic heterocycles.